The third-order valence-corrected chi connectivity index (χ3v) is 4.11. The largest absolute Gasteiger partial charge is 0.325 e. The highest BCUT2D eigenvalue weighted by atomic mass is 19.2. The van der Waals surface area contributed by atoms with Crippen molar-refractivity contribution >= 4 is 11.6 Å². The highest BCUT2D eigenvalue weighted by Crippen LogP contribution is 2.23. The highest BCUT2D eigenvalue weighted by Gasteiger charge is 2.31. The molecule has 1 saturated heterocycles. The third kappa shape index (κ3) is 3.56. The average molecular weight is 316 g/mol. The van der Waals surface area contributed by atoms with Gasteiger partial charge in [-0.3, -0.25) is 9.69 Å². The van der Waals surface area contributed by atoms with Crippen LogP contribution in [-0.2, 0) is 11.3 Å². The summed E-state index contributed by atoms with van der Waals surface area (Å²) in [7, 11) is 0. The van der Waals surface area contributed by atoms with Crippen LogP contribution >= 0.6 is 0 Å². The number of halogens is 2. The SMILES string of the molecule is O=C(Nc1ccccc1)C1CCCN1Cc1cccc(F)c1F. The number of nitrogens with zero attached hydrogens (tertiary/aromatic N) is 1. The Bertz CT molecular complexity index is 691. The van der Waals surface area contributed by atoms with Crippen LogP contribution in [0.15, 0.2) is 48.5 Å². The molecule has 1 amide bonds. The van der Waals surface area contributed by atoms with Crippen molar-refractivity contribution < 1.29 is 13.6 Å². The summed E-state index contributed by atoms with van der Waals surface area (Å²) in [5.41, 5.74) is 1.02. The lowest BCUT2D eigenvalue weighted by molar-refractivity contribution is -0.120. The van der Waals surface area contributed by atoms with E-state index in [4.69, 9.17) is 0 Å². The third-order valence-electron chi connectivity index (χ3n) is 4.11. The number of benzene rings is 2. The van der Waals surface area contributed by atoms with E-state index in [9.17, 15) is 13.6 Å². The zero-order valence-electron chi connectivity index (χ0n) is 12.6. The second kappa shape index (κ2) is 6.87. The van der Waals surface area contributed by atoms with E-state index in [-0.39, 0.29) is 24.1 Å². The molecule has 0 radical (unpaired) electrons. The van der Waals surface area contributed by atoms with Gasteiger partial charge in [0.05, 0.1) is 6.04 Å². The molecule has 1 N–H and O–H groups in total. The lowest BCUT2D eigenvalue weighted by Crippen LogP contribution is -2.39. The zero-order chi connectivity index (χ0) is 16.2. The molecular weight excluding hydrogens is 298 g/mol. The first-order chi connectivity index (χ1) is 11.1. The molecule has 1 aliphatic rings. The standard InChI is InChI=1S/C18H18F2N2O/c19-15-9-4-6-13(17(15)20)12-22-11-5-10-16(22)18(23)21-14-7-2-1-3-8-14/h1-4,6-9,16H,5,10-12H2,(H,21,23). The first-order valence-corrected chi connectivity index (χ1v) is 7.68. The second-order valence-electron chi connectivity index (χ2n) is 5.70. The number of hydrogen-bond acceptors (Lipinski definition) is 2. The van der Waals surface area contributed by atoms with Gasteiger partial charge in [0.25, 0.3) is 0 Å². The molecule has 0 aromatic heterocycles. The lowest BCUT2D eigenvalue weighted by Gasteiger charge is -2.24. The lowest BCUT2D eigenvalue weighted by atomic mass is 10.1. The van der Waals surface area contributed by atoms with E-state index in [2.05, 4.69) is 5.32 Å². The molecule has 0 aliphatic carbocycles. The van der Waals surface area contributed by atoms with Crippen LogP contribution in [0, 0.1) is 11.6 Å². The summed E-state index contributed by atoms with van der Waals surface area (Å²) in [5.74, 6) is -1.79. The Hall–Kier alpha value is -2.27. The number of anilines is 1. The summed E-state index contributed by atoms with van der Waals surface area (Å²) in [6.45, 7) is 0.930. The molecule has 2 aromatic rings. The molecule has 23 heavy (non-hydrogen) atoms. The number of carbonyl (C=O) groups excluding carboxylic acids is 1. The van der Waals surface area contributed by atoms with Crippen molar-refractivity contribution in [1.82, 2.24) is 4.90 Å². The van der Waals surface area contributed by atoms with E-state index in [1.165, 1.54) is 6.07 Å². The first kappa shape index (κ1) is 15.6. The van der Waals surface area contributed by atoms with Gasteiger partial charge in [0.15, 0.2) is 11.6 Å². The molecule has 1 fully saturated rings. The number of hydrogen-bond donors (Lipinski definition) is 1. The molecule has 5 heteroatoms. The molecule has 0 saturated carbocycles. The Morgan fingerprint density at radius 1 is 1.13 bits per heavy atom. The summed E-state index contributed by atoms with van der Waals surface area (Å²) in [5, 5.41) is 2.88. The van der Waals surface area contributed by atoms with E-state index in [1.807, 2.05) is 35.2 Å². The fraction of sp³-hybridized carbons (Fsp3) is 0.278. The van der Waals surface area contributed by atoms with Crippen molar-refractivity contribution in [3.8, 4) is 0 Å². The predicted molar refractivity (Wildman–Crippen MR) is 84.9 cm³/mol. The van der Waals surface area contributed by atoms with Gasteiger partial charge in [-0.15, -0.1) is 0 Å². The number of amides is 1. The maximum Gasteiger partial charge on any atom is 0.241 e. The van der Waals surface area contributed by atoms with Crippen LogP contribution in [0.1, 0.15) is 18.4 Å². The minimum Gasteiger partial charge on any atom is -0.325 e. The van der Waals surface area contributed by atoms with Gasteiger partial charge in [-0.1, -0.05) is 30.3 Å². The van der Waals surface area contributed by atoms with Crippen molar-refractivity contribution in [2.75, 3.05) is 11.9 Å². The zero-order valence-corrected chi connectivity index (χ0v) is 12.6. The summed E-state index contributed by atoms with van der Waals surface area (Å²) < 4.78 is 27.2. The van der Waals surface area contributed by atoms with Gasteiger partial charge in [0.2, 0.25) is 5.91 Å². The average Bonchev–Trinajstić information content (AvgIpc) is 3.01. The van der Waals surface area contributed by atoms with Crippen LogP contribution in [-0.4, -0.2) is 23.4 Å². The maximum absolute atomic E-state index is 13.8. The Kier molecular flexibility index (Phi) is 4.67. The minimum absolute atomic E-state index is 0.106. The molecule has 1 atom stereocenters. The quantitative estimate of drug-likeness (QED) is 0.935. The topological polar surface area (TPSA) is 32.3 Å². The molecule has 0 spiro atoms. The Morgan fingerprint density at radius 3 is 2.70 bits per heavy atom. The van der Waals surface area contributed by atoms with E-state index in [1.54, 1.807) is 6.07 Å². The molecule has 120 valence electrons. The fourth-order valence-corrected chi connectivity index (χ4v) is 2.95. The number of para-hydroxylation sites is 1. The van der Waals surface area contributed by atoms with E-state index in [0.717, 1.165) is 24.6 Å². The number of carbonyl (C=O) groups is 1. The van der Waals surface area contributed by atoms with E-state index >= 15 is 0 Å². The molecule has 0 bridgehead atoms. The number of nitrogens with one attached hydrogen (secondary N) is 1. The van der Waals surface area contributed by atoms with Gasteiger partial charge >= 0.3 is 0 Å². The van der Waals surface area contributed by atoms with Crippen LogP contribution in [0.5, 0.6) is 0 Å². The maximum atomic E-state index is 13.8. The Balaban J connectivity index is 1.70. The van der Waals surface area contributed by atoms with Crippen molar-refractivity contribution in [2.45, 2.75) is 25.4 Å². The first-order valence-electron chi connectivity index (χ1n) is 7.68. The van der Waals surface area contributed by atoms with Crippen LogP contribution in [0.25, 0.3) is 0 Å². The van der Waals surface area contributed by atoms with E-state index < -0.39 is 11.6 Å². The summed E-state index contributed by atoms with van der Waals surface area (Å²) in [6, 6.07) is 13.1. The fourth-order valence-electron chi connectivity index (χ4n) is 2.95. The molecule has 3 rings (SSSR count). The molecule has 1 unspecified atom stereocenters. The van der Waals surface area contributed by atoms with Crippen LogP contribution in [0.2, 0.25) is 0 Å². The Labute approximate surface area is 133 Å². The highest BCUT2D eigenvalue weighted by molar-refractivity contribution is 5.94. The van der Waals surface area contributed by atoms with Crippen molar-refractivity contribution in [3.63, 3.8) is 0 Å². The van der Waals surface area contributed by atoms with Crippen LogP contribution in [0.3, 0.4) is 0 Å². The van der Waals surface area contributed by atoms with Gasteiger partial charge < -0.3 is 5.32 Å². The smallest absolute Gasteiger partial charge is 0.241 e. The molecule has 2 aromatic carbocycles. The summed E-state index contributed by atoms with van der Waals surface area (Å²) in [6.07, 6.45) is 1.58. The van der Waals surface area contributed by atoms with Crippen molar-refractivity contribution in [1.29, 1.82) is 0 Å². The molecular formula is C18H18F2N2O. The minimum atomic E-state index is -0.855. The van der Waals surface area contributed by atoms with Crippen LogP contribution in [0.4, 0.5) is 14.5 Å². The molecule has 3 nitrogen and oxygen atoms in total. The van der Waals surface area contributed by atoms with Gasteiger partial charge in [0, 0.05) is 17.8 Å². The van der Waals surface area contributed by atoms with Crippen LogP contribution < -0.4 is 5.32 Å². The predicted octanol–water partition coefficient (Wildman–Crippen LogP) is 3.57. The van der Waals surface area contributed by atoms with Crippen molar-refractivity contribution in [2.24, 2.45) is 0 Å². The monoisotopic (exact) mass is 316 g/mol. The van der Waals surface area contributed by atoms with Crippen molar-refractivity contribution in [3.05, 3.63) is 65.7 Å². The second-order valence-corrected chi connectivity index (χ2v) is 5.70. The summed E-state index contributed by atoms with van der Waals surface area (Å²) in [4.78, 5) is 14.3. The molecule has 1 heterocycles. The Morgan fingerprint density at radius 2 is 1.91 bits per heavy atom. The van der Waals surface area contributed by atoms with Gasteiger partial charge in [0.1, 0.15) is 0 Å². The number of likely N-dealkylation sites (tertiary alicyclic amines) is 1. The number of rotatable bonds is 4. The molecule has 1 aliphatic heterocycles. The van der Waals surface area contributed by atoms with Gasteiger partial charge in [-0.2, -0.15) is 0 Å². The van der Waals surface area contributed by atoms with Gasteiger partial charge in [-0.25, -0.2) is 8.78 Å². The summed E-state index contributed by atoms with van der Waals surface area (Å²) >= 11 is 0. The van der Waals surface area contributed by atoms with Gasteiger partial charge in [-0.05, 0) is 37.6 Å². The normalized spacial score (nSPS) is 18.1. The van der Waals surface area contributed by atoms with E-state index in [0.29, 0.717) is 6.54 Å².